The predicted octanol–water partition coefficient (Wildman–Crippen LogP) is 5.12. The smallest absolute Gasteiger partial charge is 0.244 e. The van der Waals surface area contributed by atoms with Crippen LogP contribution >= 0.6 is 0 Å². The molecule has 1 saturated carbocycles. The zero-order chi connectivity index (χ0) is 30.1. The molecule has 3 aromatic rings. The van der Waals surface area contributed by atoms with Crippen LogP contribution in [-0.4, -0.2) is 57.1 Å². The topological polar surface area (TPSA) is 105 Å². The molecule has 0 aliphatic heterocycles. The molecular formula is C32H39N3O6S. The molecule has 1 N–H and O–H groups in total. The number of amides is 2. The molecule has 42 heavy (non-hydrogen) atoms. The number of hydrogen-bond donors (Lipinski definition) is 1. The third-order valence-corrected chi connectivity index (χ3v) is 8.52. The van der Waals surface area contributed by atoms with Gasteiger partial charge in [-0.1, -0.05) is 50.1 Å². The van der Waals surface area contributed by atoms with Crippen LogP contribution in [0.1, 0.15) is 44.6 Å². The van der Waals surface area contributed by atoms with Crippen LogP contribution in [0.4, 0.5) is 5.69 Å². The normalized spacial score (nSPS) is 14.2. The van der Waals surface area contributed by atoms with E-state index >= 15 is 0 Å². The monoisotopic (exact) mass is 593 g/mol. The highest BCUT2D eigenvalue weighted by Gasteiger charge is 2.33. The fourth-order valence-electron chi connectivity index (χ4n) is 5.13. The van der Waals surface area contributed by atoms with E-state index in [0.29, 0.717) is 29.4 Å². The minimum absolute atomic E-state index is 0.0913. The Hall–Kier alpha value is -4.05. The zero-order valence-corrected chi connectivity index (χ0v) is 25.2. The Morgan fingerprint density at radius 1 is 0.905 bits per heavy atom. The van der Waals surface area contributed by atoms with Gasteiger partial charge in [-0.25, -0.2) is 8.42 Å². The third-order valence-electron chi connectivity index (χ3n) is 7.38. The summed E-state index contributed by atoms with van der Waals surface area (Å²) in [5.41, 5.74) is 1.11. The van der Waals surface area contributed by atoms with Crippen molar-refractivity contribution in [2.75, 3.05) is 24.2 Å². The van der Waals surface area contributed by atoms with Gasteiger partial charge in [0, 0.05) is 12.6 Å². The van der Waals surface area contributed by atoms with Gasteiger partial charge in [0.15, 0.2) is 0 Å². The number of carbonyl (C=O) groups excluding carboxylic acids is 2. The van der Waals surface area contributed by atoms with E-state index in [0.717, 1.165) is 41.8 Å². The second-order valence-electron chi connectivity index (χ2n) is 10.5. The van der Waals surface area contributed by atoms with Crippen LogP contribution in [0.5, 0.6) is 17.2 Å². The molecule has 224 valence electrons. The van der Waals surface area contributed by atoms with Crippen molar-refractivity contribution in [1.82, 2.24) is 10.2 Å². The van der Waals surface area contributed by atoms with Crippen LogP contribution in [0.25, 0.3) is 0 Å². The standard InChI is InChI=1S/C32H39N3O6S/c1-4-30(32(37)33-25-10-8-9-11-25)34(22-24-14-18-27(40-2)19-15-24)31(36)23-35(42(3,38)39)26-16-20-29(21-17-26)41-28-12-6-5-7-13-28/h5-7,12-21,25,30H,4,8-11,22-23H2,1-3H3,(H,33,37)/t30-/m0/s1. The molecule has 0 bridgehead atoms. The van der Waals surface area contributed by atoms with E-state index in [2.05, 4.69) is 5.32 Å². The van der Waals surface area contributed by atoms with Crippen LogP contribution < -0.4 is 19.1 Å². The lowest BCUT2D eigenvalue weighted by Gasteiger charge is -2.33. The second-order valence-corrected chi connectivity index (χ2v) is 12.4. The number of benzene rings is 3. The van der Waals surface area contributed by atoms with E-state index in [1.807, 2.05) is 49.4 Å². The summed E-state index contributed by atoms with van der Waals surface area (Å²) in [5.74, 6) is 1.15. The second kappa shape index (κ2) is 14.2. The first-order chi connectivity index (χ1) is 20.2. The first-order valence-electron chi connectivity index (χ1n) is 14.2. The summed E-state index contributed by atoms with van der Waals surface area (Å²) in [6.07, 6.45) is 5.40. The van der Waals surface area contributed by atoms with Crippen LogP contribution in [0.15, 0.2) is 78.9 Å². The molecule has 1 aliphatic carbocycles. The molecule has 0 unspecified atom stereocenters. The zero-order valence-electron chi connectivity index (χ0n) is 24.4. The summed E-state index contributed by atoms with van der Waals surface area (Å²) in [5, 5.41) is 3.11. The van der Waals surface area contributed by atoms with Gasteiger partial charge >= 0.3 is 0 Å². The lowest BCUT2D eigenvalue weighted by molar-refractivity contribution is -0.140. The maximum Gasteiger partial charge on any atom is 0.244 e. The molecule has 3 aromatic carbocycles. The van der Waals surface area contributed by atoms with Crippen LogP contribution in [0.2, 0.25) is 0 Å². The maximum atomic E-state index is 13.9. The van der Waals surface area contributed by atoms with Crippen molar-refractivity contribution in [2.45, 2.75) is 57.7 Å². The number of ether oxygens (including phenoxy) is 2. The fourth-order valence-corrected chi connectivity index (χ4v) is 5.98. The molecule has 0 heterocycles. The first-order valence-corrected chi connectivity index (χ1v) is 16.1. The molecule has 2 amide bonds. The number of rotatable bonds is 13. The lowest BCUT2D eigenvalue weighted by atomic mass is 10.1. The minimum Gasteiger partial charge on any atom is -0.497 e. The van der Waals surface area contributed by atoms with Gasteiger partial charge in [0.25, 0.3) is 0 Å². The van der Waals surface area contributed by atoms with Crippen molar-refractivity contribution in [1.29, 1.82) is 0 Å². The molecule has 0 aromatic heterocycles. The molecular weight excluding hydrogens is 554 g/mol. The summed E-state index contributed by atoms with van der Waals surface area (Å²) < 4.78 is 38.0. The highest BCUT2D eigenvalue weighted by atomic mass is 32.2. The number of sulfonamides is 1. The Morgan fingerprint density at radius 3 is 2.07 bits per heavy atom. The Labute approximate surface area is 248 Å². The number of nitrogens with one attached hydrogen (secondary N) is 1. The molecule has 1 fully saturated rings. The summed E-state index contributed by atoms with van der Waals surface area (Å²) in [4.78, 5) is 28.9. The largest absolute Gasteiger partial charge is 0.497 e. The van der Waals surface area contributed by atoms with E-state index in [1.54, 1.807) is 43.5 Å². The average Bonchev–Trinajstić information content (AvgIpc) is 3.49. The summed E-state index contributed by atoms with van der Waals surface area (Å²) in [7, 11) is -2.27. The molecule has 0 spiro atoms. The molecule has 1 atom stereocenters. The van der Waals surface area contributed by atoms with Crippen molar-refractivity contribution in [3.63, 3.8) is 0 Å². The van der Waals surface area contributed by atoms with Crippen LogP contribution in [-0.2, 0) is 26.2 Å². The van der Waals surface area contributed by atoms with E-state index < -0.39 is 28.5 Å². The highest BCUT2D eigenvalue weighted by molar-refractivity contribution is 7.92. The van der Waals surface area contributed by atoms with Gasteiger partial charge in [-0.3, -0.25) is 13.9 Å². The van der Waals surface area contributed by atoms with Crippen LogP contribution in [0, 0.1) is 0 Å². The Bertz CT molecular complexity index is 1420. The molecule has 0 radical (unpaired) electrons. The SMILES string of the molecule is CC[C@@H](C(=O)NC1CCCC1)N(Cc1ccc(OC)cc1)C(=O)CN(c1ccc(Oc2ccccc2)cc1)S(C)(=O)=O. The van der Waals surface area contributed by atoms with Crippen molar-refractivity contribution in [2.24, 2.45) is 0 Å². The number of nitrogens with zero attached hydrogens (tertiary/aromatic N) is 2. The van der Waals surface area contributed by atoms with Crippen LogP contribution in [0.3, 0.4) is 0 Å². The van der Waals surface area contributed by atoms with E-state index in [9.17, 15) is 18.0 Å². The number of anilines is 1. The molecule has 4 rings (SSSR count). The van der Waals surface area contributed by atoms with Gasteiger partial charge < -0.3 is 19.7 Å². The quantitative estimate of drug-likeness (QED) is 0.295. The summed E-state index contributed by atoms with van der Waals surface area (Å²) in [6.45, 7) is 1.54. The van der Waals surface area contributed by atoms with Crippen molar-refractivity contribution in [3.05, 3.63) is 84.4 Å². The highest BCUT2D eigenvalue weighted by Crippen LogP contribution is 2.26. The Kier molecular flexibility index (Phi) is 10.5. The van der Waals surface area contributed by atoms with Gasteiger partial charge in [0.2, 0.25) is 21.8 Å². The van der Waals surface area contributed by atoms with Gasteiger partial charge in [-0.2, -0.15) is 0 Å². The lowest BCUT2D eigenvalue weighted by Crippen LogP contribution is -2.53. The number of hydrogen-bond acceptors (Lipinski definition) is 6. The van der Waals surface area contributed by atoms with Gasteiger partial charge in [-0.15, -0.1) is 0 Å². The third kappa shape index (κ3) is 8.25. The maximum absolute atomic E-state index is 13.9. The number of methoxy groups -OCH3 is 1. The molecule has 10 heteroatoms. The number of para-hydroxylation sites is 1. The van der Waals surface area contributed by atoms with Gasteiger partial charge in [0.1, 0.15) is 29.8 Å². The van der Waals surface area contributed by atoms with E-state index in [1.165, 1.54) is 4.90 Å². The summed E-state index contributed by atoms with van der Waals surface area (Å²) >= 11 is 0. The predicted molar refractivity (Wildman–Crippen MR) is 163 cm³/mol. The average molecular weight is 594 g/mol. The molecule has 1 aliphatic rings. The van der Waals surface area contributed by atoms with Crippen molar-refractivity contribution >= 4 is 27.5 Å². The first kappa shape index (κ1) is 30.9. The molecule has 0 saturated heterocycles. The molecule has 9 nitrogen and oxygen atoms in total. The van der Waals surface area contributed by atoms with Crippen molar-refractivity contribution < 1.29 is 27.5 Å². The minimum atomic E-state index is -3.84. The fraction of sp³-hybridized carbons (Fsp3) is 0.375. The van der Waals surface area contributed by atoms with Crippen molar-refractivity contribution in [3.8, 4) is 17.2 Å². The van der Waals surface area contributed by atoms with Gasteiger partial charge in [-0.05, 0) is 73.4 Å². The Morgan fingerprint density at radius 2 is 1.50 bits per heavy atom. The van der Waals surface area contributed by atoms with E-state index in [4.69, 9.17) is 9.47 Å². The Balaban J connectivity index is 1.58. The van der Waals surface area contributed by atoms with E-state index in [-0.39, 0.29) is 18.5 Å². The number of carbonyl (C=O) groups is 2. The summed E-state index contributed by atoms with van der Waals surface area (Å²) in [6, 6.07) is 22.3. The van der Waals surface area contributed by atoms with Gasteiger partial charge in [0.05, 0.1) is 19.1 Å².